The van der Waals surface area contributed by atoms with Crippen molar-refractivity contribution in [2.45, 2.75) is 116 Å². The molecule has 2 N–H and O–H groups in total. The van der Waals surface area contributed by atoms with Gasteiger partial charge >= 0.3 is 194 Å². The summed E-state index contributed by atoms with van der Waals surface area (Å²) in [6.45, 7) is 7.75. The number of rotatable bonds is 12. The summed E-state index contributed by atoms with van der Waals surface area (Å²) in [6.07, 6.45) is 24.8. The summed E-state index contributed by atoms with van der Waals surface area (Å²) in [5.74, 6) is 0. The Labute approximate surface area is 193 Å². The monoisotopic (exact) mass is 508 g/mol. The third kappa shape index (κ3) is 9.93. The maximum atomic E-state index is 3.52. The van der Waals surface area contributed by atoms with Crippen molar-refractivity contribution in [1.29, 1.82) is 0 Å². The molecule has 0 amide bonds. The quantitative estimate of drug-likeness (QED) is 0.280. The number of nitrogens with one attached hydrogen (secondary N) is 2. The van der Waals surface area contributed by atoms with Gasteiger partial charge in [-0.1, -0.05) is 0 Å². The fourth-order valence-corrected chi connectivity index (χ4v) is 5.66. The summed E-state index contributed by atoms with van der Waals surface area (Å²) in [4.78, 5) is 5.02. The summed E-state index contributed by atoms with van der Waals surface area (Å²) in [7, 11) is 0. The summed E-state index contributed by atoms with van der Waals surface area (Å²) >= 11 is 0.478. The van der Waals surface area contributed by atoms with E-state index in [-0.39, 0.29) is 0 Å². The van der Waals surface area contributed by atoms with Crippen LogP contribution in [0.25, 0.3) is 0 Å². The molecule has 0 bridgehead atoms. The van der Waals surface area contributed by atoms with Crippen LogP contribution < -0.4 is 10.6 Å². The molecule has 0 saturated heterocycles. The Hall–Kier alpha value is -0.918. The van der Waals surface area contributed by atoms with Crippen molar-refractivity contribution in [3.8, 4) is 0 Å². The molecule has 0 heterocycles. The first kappa shape index (κ1) is 25.3. The molecule has 1 atom stereocenters. The Balaban J connectivity index is 2.08. The van der Waals surface area contributed by atoms with E-state index in [0.29, 0.717) is 35.2 Å². The third-order valence-electron chi connectivity index (χ3n) is 6.27. The normalized spacial score (nSPS) is 19.8. The molecule has 1 unspecified atom stereocenters. The second kappa shape index (κ2) is 15.8. The molecule has 0 aliphatic heterocycles. The van der Waals surface area contributed by atoms with Crippen LogP contribution in [0.3, 0.4) is 0 Å². The van der Waals surface area contributed by atoms with Gasteiger partial charge in [0.25, 0.3) is 0 Å². The first-order valence-electron chi connectivity index (χ1n) is 12.3. The summed E-state index contributed by atoms with van der Waals surface area (Å²) in [5.41, 5.74) is 0. The average molecular weight is 509 g/mol. The van der Waals surface area contributed by atoms with Crippen LogP contribution >= 0.6 is 0 Å². The minimum atomic E-state index is 0.478. The molecule has 176 valence electrons. The molecule has 0 aromatic rings. The van der Waals surface area contributed by atoms with Crippen LogP contribution in [0.2, 0.25) is 0 Å². The van der Waals surface area contributed by atoms with Gasteiger partial charge in [0.2, 0.25) is 0 Å². The van der Waals surface area contributed by atoms with E-state index < -0.39 is 0 Å². The molecule has 30 heavy (non-hydrogen) atoms. The molecule has 2 rings (SSSR count). The SMILES string of the molecule is CCCN/C=C\N([CH]=[Pd]=[CH]N(/C=C\NC(C)CC)C1CCCCC1)C1CCCCC1. The van der Waals surface area contributed by atoms with E-state index in [1.807, 2.05) is 0 Å². The van der Waals surface area contributed by atoms with E-state index in [2.05, 4.69) is 75.2 Å². The molecule has 0 spiro atoms. The predicted molar refractivity (Wildman–Crippen MR) is 129 cm³/mol. The molecular weight excluding hydrogens is 463 g/mol. The fourth-order valence-electron chi connectivity index (χ4n) is 4.10. The molecule has 0 radical (unpaired) electrons. The standard InChI is InChI=1S/C13H24N2.C12H22N2.Pd/c1-4-12(2)14-10-11-15(3)13-8-6-5-7-9-13;1-3-9-13-10-11-14(2)12-7-5-4-6-8-12;/h3,10-14H,4-9H2,1-2H3;2,10-13H,3-9H2,1H3;/b2*11-10-;. The molecule has 0 aromatic carbocycles. The van der Waals surface area contributed by atoms with Gasteiger partial charge in [-0.05, 0) is 0 Å². The van der Waals surface area contributed by atoms with E-state index in [1.54, 1.807) is 0 Å². The van der Waals surface area contributed by atoms with Crippen LogP contribution in [0, 0.1) is 0 Å². The fraction of sp³-hybridized carbons (Fsp3) is 0.760. The average Bonchev–Trinajstić information content (AvgIpc) is 2.80. The molecule has 5 heteroatoms. The van der Waals surface area contributed by atoms with Crippen molar-refractivity contribution in [2.24, 2.45) is 0 Å². The molecular formula is C25H46N4Pd. The van der Waals surface area contributed by atoms with Crippen molar-refractivity contribution < 1.29 is 17.1 Å². The zero-order valence-electron chi connectivity index (χ0n) is 19.6. The second-order valence-electron chi connectivity index (χ2n) is 8.81. The van der Waals surface area contributed by atoms with Gasteiger partial charge in [0.1, 0.15) is 0 Å². The van der Waals surface area contributed by atoms with E-state index >= 15 is 0 Å². The molecule has 2 aliphatic carbocycles. The molecule has 0 aromatic heterocycles. The molecule has 2 saturated carbocycles. The Morgan fingerprint density at radius 3 is 1.87 bits per heavy atom. The zero-order valence-corrected chi connectivity index (χ0v) is 21.2. The maximum absolute atomic E-state index is 3.52. The number of nitrogens with zero attached hydrogens (tertiary/aromatic N) is 2. The van der Waals surface area contributed by atoms with Crippen LogP contribution in [-0.4, -0.2) is 43.7 Å². The van der Waals surface area contributed by atoms with Crippen LogP contribution in [0.5, 0.6) is 0 Å². The van der Waals surface area contributed by atoms with Gasteiger partial charge in [0, 0.05) is 0 Å². The van der Waals surface area contributed by atoms with E-state index in [4.69, 9.17) is 0 Å². The number of hydrogen-bond donors (Lipinski definition) is 2. The zero-order chi connectivity index (χ0) is 21.4. The predicted octanol–water partition coefficient (Wildman–Crippen LogP) is 5.19. The van der Waals surface area contributed by atoms with Gasteiger partial charge in [-0.15, -0.1) is 0 Å². The van der Waals surface area contributed by atoms with Crippen molar-refractivity contribution in [3.63, 3.8) is 0 Å². The summed E-state index contributed by atoms with van der Waals surface area (Å²) < 4.78 is 4.92. The first-order chi connectivity index (χ1) is 14.7. The second-order valence-corrected chi connectivity index (χ2v) is 10.1. The Kier molecular flexibility index (Phi) is 13.4. The van der Waals surface area contributed by atoms with Gasteiger partial charge in [0.05, 0.1) is 0 Å². The van der Waals surface area contributed by atoms with Crippen molar-refractivity contribution >= 4 is 9.22 Å². The molecule has 4 nitrogen and oxygen atoms in total. The van der Waals surface area contributed by atoms with Crippen molar-refractivity contribution in [3.05, 3.63) is 24.8 Å². The van der Waals surface area contributed by atoms with Crippen LogP contribution in [0.4, 0.5) is 0 Å². The minimum absolute atomic E-state index is 0.478. The van der Waals surface area contributed by atoms with Crippen LogP contribution in [-0.2, 0) is 17.1 Å². The Morgan fingerprint density at radius 2 is 1.37 bits per heavy atom. The van der Waals surface area contributed by atoms with E-state index in [9.17, 15) is 0 Å². The number of hydrogen-bond acceptors (Lipinski definition) is 4. The summed E-state index contributed by atoms with van der Waals surface area (Å²) in [6, 6.07) is 1.88. The molecule has 2 aliphatic rings. The topological polar surface area (TPSA) is 30.5 Å². The summed E-state index contributed by atoms with van der Waals surface area (Å²) in [5, 5.41) is 6.94. The van der Waals surface area contributed by atoms with E-state index in [0.717, 1.165) is 13.0 Å². The van der Waals surface area contributed by atoms with Gasteiger partial charge in [-0.3, -0.25) is 0 Å². The van der Waals surface area contributed by atoms with Gasteiger partial charge in [-0.25, -0.2) is 0 Å². The van der Waals surface area contributed by atoms with Crippen molar-refractivity contribution in [2.75, 3.05) is 6.54 Å². The van der Waals surface area contributed by atoms with Crippen LogP contribution in [0.1, 0.15) is 97.8 Å². The van der Waals surface area contributed by atoms with E-state index in [1.165, 1.54) is 70.6 Å². The van der Waals surface area contributed by atoms with Crippen molar-refractivity contribution in [1.82, 2.24) is 20.4 Å². The third-order valence-corrected chi connectivity index (χ3v) is 7.66. The van der Waals surface area contributed by atoms with Gasteiger partial charge in [-0.2, -0.15) is 0 Å². The van der Waals surface area contributed by atoms with Gasteiger partial charge in [0.15, 0.2) is 0 Å². The first-order valence-corrected chi connectivity index (χ1v) is 14.1. The molecule has 2 fully saturated rings. The van der Waals surface area contributed by atoms with Crippen LogP contribution in [0.15, 0.2) is 24.8 Å². The Bertz CT molecular complexity index is 555. The van der Waals surface area contributed by atoms with Gasteiger partial charge < -0.3 is 0 Å². The Morgan fingerprint density at radius 1 is 0.833 bits per heavy atom.